The third kappa shape index (κ3) is 4.72. The molecular formula is C12H19N3O2. The molecule has 5 heteroatoms. The second-order valence-corrected chi connectivity index (χ2v) is 3.76. The molecule has 0 saturated heterocycles. The van der Waals surface area contributed by atoms with Crippen molar-refractivity contribution >= 4 is 5.84 Å². The van der Waals surface area contributed by atoms with E-state index in [1.54, 1.807) is 18.2 Å². The zero-order valence-electron chi connectivity index (χ0n) is 10.1. The molecule has 5 nitrogen and oxygen atoms in total. The zero-order chi connectivity index (χ0) is 12.5. The molecule has 1 rings (SSSR count). The largest absolute Gasteiger partial charge is 0.478 e. The molecule has 0 radical (unpaired) electrons. The van der Waals surface area contributed by atoms with E-state index < -0.39 is 0 Å². The number of ether oxygens (including phenoxy) is 1. The maximum atomic E-state index is 8.53. The predicted molar refractivity (Wildman–Crippen MR) is 66.4 cm³/mol. The summed E-state index contributed by atoms with van der Waals surface area (Å²) in [6, 6.07) is 5.19. The average Bonchev–Trinajstić information content (AvgIpc) is 2.38. The Labute approximate surface area is 101 Å². The summed E-state index contributed by atoms with van der Waals surface area (Å²) in [5.74, 6) is 0.493. The Morgan fingerprint density at radius 2 is 2.24 bits per heavy atom. The quantitative estimate of drug-likeness (QED) is 0.250. The number of pyridine rings is 1. The minimum atomic E-state index is -0.0126. The van der Waals surface area contributed by atoms with Crippen LogP contribution in [-0.4, -0.2) is 22.6 Å². The summed E-state index contributed by atoms with van der Waals surface area (Å²) in [4.78, 5) is 4.12. The molecule has 17 heavy (non-hydrogen) atoms. The molecular weight excluding hydrogens is 218 g/mol. The highest BCUT2D eigenvalue weighted by atomic mass is 16.5. The Morgan fingerprint density at radius 1 is 1.41 bits per heavy atom. The van der Waals surface area contributed by atoms with E-state index in [1.807, 2.05) is 0 Å². The maximum absolute atomic E-state index is 8.53. The number of nitrogens with zero attached hydrogens (tertiary/aromatic N) is 2. The normalized spacial score (nSPS) is 11.5. The van der Waals surface area contributed by atoms with Crippen molar-refractivity contribution in [3.63, 3.8) is 0 Å². The van der Waals surface area contributed by atoms with Crippen LogP contribution in [0.3, 0.4) is 0 Å². The summed E-state index contributed by atoms with van der Waals surface area (Å²) in [5.41, 5.74) is 5.85. The van der Waals surface area contributed by atoms with Gasteiger partial charge in [-0.3, -0.25) is 0 Å². The lowest BCUT2D eigenvalue weighted by atomic mass is 10.2. The molecule has 1 aromatic rings. The van der Waals surface area contributed by atoms with E-state index in [0.717, 1.165) is 12.8 Å². The van der Waals surface area contributed by atoms with Gasteiger partial charge in [0.1, 0.15) is 5.69 Å². The molecule has 0 bridgehead atoms. The Bertz CT molecular complexity index is 367. The standard InChI is InChI=1S/C12H19N3O2/c1-2-3-4-5-9-17-11-8-6-7-10(14-11)12(13)15-16/h6-8,16H,2-5,9H2,1H3,(H2,13,15). The van der Waals surface area contributed by atoms with Crippen LogP contribution >= 0.6 is 0 Å². The zero-order valence-corrected chi connectivity index (χ0v) is 10.1. The highest BCUT2D eigenvalue weighted by Gasteiger charge is 2.02. The Balaban J connectivity index is 2.43. The van der Waals surface area contributed by atoms with Gasteiger partial charge in [-0.1, -0.05) is 37.4 Å². The van der Waals surface area contributed by atoms with Gasteiger partial charge in [0.25, 0.3) is 0 Å². The van der Waals surface area contributed by atoms with Crippen molar-refractivity contribution in [1.82, 2.24) is 4.98 Å². The second-order valence-electron chi connectivity index (χ2n) is 3.76. The van der Waals surface area contributed by atoms with Crippen LogP contribution in [0.5, 0.6) is 5.88 Å². The van der Waals surface area contributed by atoms with E-state index in [0.29, 0.717) is 18.2 Å². The number of hydrogen-bond donors (Lipinski definition) is 2. The van der Waals surface area contributed by atoms with Crippen LogP contribution in [-0.2, 0) is 0 Å². The van der Waals surface area contributed by atoms with E-state index in [-0.39, 0.29) is 5.84 Å². The van der Waals surface area contributed by atoms with Crippen molar-refractivity contribution in [1.29, 1.82) is 0 Å². The monoisotopic (exact) mass is 237 g/mol. The van der Waals surface area contributed by atoms with Gasteiger partial charge >= 0.3 is 0 Å². The van der Waals surface area contributed by atoms with Crippen LogP contribution < -0.4 is 10.5 Å². The molecule has 0 amide bonds. The summed E-state index contributed by atoms with van der Waals surface area (Å²) >= 11 is 0. The summed E-state index contributed by atoms with van der Waals surface area (Å²) in [7, 11) is 0. The lowest BCUT2D eigenvalue weighted by Crippen LogP contribution is -2.15. The topological polar surface area (TPSA) is 80.7 Å². The highest BCUT2D eigenvalue weighted by Crippen LogP contribution is 2.08. The summed E-state index contributed by atoms with van der Waals surface area (Å²) in [6.07, 6.45) is 4.61. The van der Waals surface area contributed by atoms with Crippen molar-refractivity contribution in [3.05, 3.63) is 23.9 Å². The second kappa shape index (κ2) is 7.49. The lowest BCUT2D eigenvalue weighted by molar-refractivity contribution is 0.293. The first-order valence-electron chi connectivity index (χ1n) is 5.85. The van der Waals surface area contributed by atoms with Gasteiger partial charge in [-0.15, -0.1) is 0 Å². The smallest absolute Gasteiger partial charge is 0.213 e. The summed E-state index contributed by atoms with van der Waals surface area (Å²) in [6.45, 7) is 2.81. The SMILES string of the molecule is CCCCCCOc1cccc(C(N)=NO)n1. The Kier molecular flexibility index (Phi) is 5.85. The van der Waals surface area contributed by atoms with Gasteiger partial charge in [-0.2, -0.15) is 0 Å². The molecule has 0 fully saturated rings. The molecule has 0 aliphatic heterocycles. The van der Waals surface area contributed by atoms with Gasteiger partial charge < -0.3 is 15.7 Å². The molecule has 94 valence electrons. The first-order valence-corrected chi connectivity index (χ1v) is 5.85. The van der Waals surface area contributed by atoms with Gasteiger partial charge in [-0.05, 0) is 12.5 Å². The van der Waals surface area contributed by atoms with Gasteiger partial charge in [-0.25, -0.2) is 4.98 Å². The van der Waals surface area contributed by atoms with E-state index in [9.17, 15) is 0 Å². The van der Waals surface area contributed by atoms with Gasteiger partial charge in [0.15, 0.2) is 5.84 Å². The van der Waals surface area contributed by atoms with Gasteiger partial charge in [0.05, 0.1) is 6.61 Å². The number of nitrogens with two attached hydrogens (primary N) is 1. The van der Waals surface area contributed by atoms with Crippen LogP contribution in [0.2, 0.25) is 0 Å². The first kappa shape index (κ1) is 13.3. The molecule has 0 saturated carbocycles. The third-order valence-electron chi connectivity index (χ3n) is 2.34. The van der Waals surface area contributed by atoms with Crippen LogP contribution in [0.1, 0.15) is 38.3 Å². The first-order chi connectivity index (χ1) is 8.27. The Morgan fingerprint density at radius 3 is 2.94 bits per heavy atom. The van der Waals surface area contributed by atoms with E-state index >= 15 is 0 Å². The molecule has 0 atom stereocenters. The number of aromatic nitrogens is 1. The number of amidine groups is 1. The van der Waals surface area contributed by atoms with E-state index in [2.05, 4.69) is 17.1 Å². The third-order valence-corrected chi connectivity index (χ3v) is 2.34. The van der Waals surface area contributed by atoms with E-state index in [4.69, 9.17) is 15.7 Å². The number of hydrogen-bond acceptors (Lipinski definition) is 4. The lowest BCUT2D eigenvalue weighted by Gasteiger charge is -2.06. The highest BCUT2D eigenvalue weighted by molar-refractivity contribution is 5.95. The minimum absolute atomic E-state index is 0.0126. The molecule has 0 unspecified atom stereocenters. The number of unbranched alkanes of at least 4 members (excludes halogenated alkanes) is 3. The predicted octanol–water partition coefficient (Wildman–Crippen LogP) is 2.14. The Hall–Kier alpha value is -1.78. The van der Waals surface area contributed by atoms with Crippen LogP contribution in [0, 0.1) is 0 Å². The van der Waals surface area contributed by atoms with Crippen molar-refractivity contribution < 1.29 is 9.94 Å². The number of oxime groups is 1. The fourth-order valence-electron chi connectivity index (χ4n) is 1.39. The van der Waals surface area contributed by atoms with Crippen molar-refractivity contribution in [2.24, 2.45) is 10.9 Å². The van der Waals surface area contributed by atoms with Crippen molar-refractivity contribution in [2.45, 2.75) is 32.6 Å². The van der Waals surface area contributed by atoms with Crippen LogP contribution in [0.25, 0.3) is 0 Å². The van der Waals surface area contributed by atoms with Crippen molar-refractivity contribution in [3.8, 4) is 5.88 Å². The summed E-state index contributed by atoms with van der Waals surface area (Å²) < 4.78 is 5.48. The number of rotatable bonds is 7. The fourth-order valence-corrected chi connectivity index (χ4v) is 1.39. The van der Waals surface area contributed by atoms with E-state index in [1.165, 1.54) is 12.8 Å². The molecule has 0 aliphatic rings. The fraction of sp³-hybridized carbons (Fsp3) is 0.500. The molecule has 1 heterocycles. The average molecular weight is 237 g/mol. The molecule has 0 aliphatic carbocycles. The maximum Gasteiger partial charge on any atom is 0.213 e. The molecule has 3 N–H and O–H groups in total. The summed E-state index contributed by atoms with van der Waals surface area (Å²) in [5, 5.41) is 11.4. The van der Waals surface area contributed by atoms with Crippen LogP contribution in [0.15, 0.2) is 23.4 Å². The van der Waals surface area contributed by atoms with Crippen LogP contribution in [0.4, 0.5) is 0 Å². The van der Waals surface area contributed by atoms with Gasteiger partial charge in [0, 0.05) is 6.07 Å². The molecule has 0 spiro atoms. The van der Waals surface area contributed by atoms with Crippen molar-refractivity contribution in [2.75, 3.05) is 6.61 Å². The van der Waals surface area contributed by atoms with Gasteiger partial charge in [0.2, 0.25) is 5.88 Å². The molecule has 0 aromatic carbocycles. The molecule has 1 aromatic heterocycles. The minimum Gasteiger partial charge on any atom is -0.478 e.